The zero-order valence-electron chi connectivity index (χ0n) is 19.1. The van der Waals surface area contributed by atoms with E-state index in [1.807, 2.05) is 23.1 Å². The predicted octanol–water partition coefficient (Wildman–Crippen LogP) is 3.39. The van der Waals surface area contributed by atoms with Crippen molar-refractivity contribution in [1.29, 1.82) is 0 Å². The molecule has 0 aliphatic carbocycles. The lowest BCUT2D eigenvalue weighted by atomic mass is 10.1. The highest BCUT2D eigenvalue weighted by molar-refractivity contribution is 6.33. The number of halogens is 1. The molecule has 0 radical (unpaired) electrons. The van der Waals surface area contributed by atoms with Gasteiger partial charge >= 0.3 is 0 Å². The van der Waals surface area contributed by atoms with Crippen molar-refractivity contribution in [1.82, 2.24) is 15.1 Å². The van der Waals surface area contributed by atoms with E-state index in [9.17, 15) is 14.4 Å². The van der Waals surface area contributed by atoms with Gasteiger partial charge in [0.05, 0.1) is 36.6 Å². The van der Waals surface area contributed by atoms with Gasteiger partial charge in [-0.05, 0) is 42.0 Å². The number of nitrogens with zero attached hydrogens (tertiary/aromatic N) is 2. The van der Waals surface area contributed by atoms with Crippen molar-refractivity contribution in [3.8, 4) is 0 Å². The standard InChI is InChI=1S/C25H27ClN4O4/c1-27-25(33)19-11-9-18(10-12-19)14-30(15-20-6-5-13-34-20)17-24(32)29(2)16-23(31)28-22-8-4-3-7-21(22)26/h3-13H,14-17H2,1-2H3,(H,27,33)(H,28,31). The maximum absolute atomic E-state index is 12.9. The fourth-order valence-corrected chi connectivity index (χ4v) is 3.51. The number of hydrogen-bond donors (Lipinski definition) is 2. The van der Waals surface area contributed by atoms with Crippen molar-refractivity contribution >= 4 is 35.0 Å². The van der Waals surface area contributed by atoms with E-state index >= 15 is 0 Å². The van der Waals surface area contributed by atoms with Gasteiger partial charge < -0.3 is 20.0 Å². The second-order valence-electron chi connectivity index (χ2n) is 7.78. The maximum Gasteiger partial charge on any atom is 0.251 e. The van der Waals surface area contributed by atoms with Crippen LogP contribution in [-0.4, -0.2) is 54.7 Å². The molecule has 0 saturated heterocycles. The van der Waals surface area contributed by atoms with Gasteiger partial charge in [0.2, 0.25) is 11.8 Å². The van der Waals surface area contributed by atoms with Gasteiger partial charge in [-0.2, -0.15) is 0 Å². The van der Waals surface area contributed by atoms with E-state index in [-0.39, 0.29) is 30.8 Å². The number of hydrogen-bond acceptors (Lipinski definition) is 5. The molecule has 0 spiro atoms. The molecule has 1 aromatic heterocycles. The molecule has 178 valence electrons. The molecule has 3 aromatic rings. The summed E-state index contributed by atoms with van der Waals surface area (Å²) in [6.07, 6.45) is 1.58. The molecule has 0 saturated carbocycles. The molecule has 2 aromatic carbocycles. The maximum atomic E-state index is 12.9. The number of benzene rings is 2. The molecular weight excluding hydrogens is 456 g/mol. The van der Waals surface area contributed by atoms with Gasteiger partial charge in [-0.3, -0.25) is 19.3 Å². The molecule has 34 heavy (non-hydrogen) atoms. The molecule has 0 aliphatic rings. The normalized spacial score (nSPS) is 10.7. The molecule has 0 fully saturated rings. The zero-order valence-corrected chi connectivity index (χ0v) is 19.8. The summed E-state index contributed by atoms with van der Waals surface area (Å²) in [7, 11) is 3.16. The summed E-state index contributed by atoms with van der Waals surface area (Å²) in [5.74, 6) is -0.00562. The Bertz CT molecular complexity index is 1120. The Kier molecular flexibility index (Phi) is 8.84. The van der Waals surface area contributed by atoms with Crippen LogP contribution in [0.4, 0.5) is 5.69 Å². The number of furan rings is 1. The molecule has 3 amide bonds. The minimum Gasteiger partial charge on any atom is -0.468 e. The van der Waals surface area contributed by atoms with E-state index in [0.29, 0.717) is 35.1 Å². The molecule has 9 heteroatoms. The summed E-state index contributed by atoms with van der Waals surface area (Å²) >= 11 is 6.08. The fourth-order valence-electron chi connectivity index (χ4n) is 3.32. The van der Waals surface area contributed by atoms with Crippen LogP contribution in [0.5, 0.6) is 0 Å². The first-order valence-corrected chi connectivity index (χ1v) is 11.1. The average Bonchev–Trinajstić information content (AvgIpc) is 3.33. The van der Waals surface area contributed by atoms with Crippen LogP contribution in [0.3, 0.4) is 0 Å². The SMILES string of the molecule is CNC(=O)c1ccc(CN(CC(=O)N(C)CC(=O)Nc2ccccc2Cl)Cc2ccco2)cc1. The van der Waals surface area contributed by atoms with Crippen molar-refractivity contribution in [3.05, 3.63) is 88.8 Å². The van der Waals surface area contributed by atoms with Crippen LogP contribution in [0.1, 0.15) is 21.7 Å². The molecule has 3 rings (SSSR count). The predicted molar refractivity (Wildman–Crippen MR) is 130 cm³/mol. The molecule has 0 atom stereocenters. The molecule has 1 heterocycles. The van der Waals surface area contributed by atoms with Crippen molar-refractivity contribution in [2.75, 3.05) is 32.5 Å². The Morgan fingerprint density at radius 3 is 2.32 bits per heavy atom. The van der Waals surface area contributed by atoms with Gasteiger partial charge in [0.15, 0.2) is 0 Å². The number of amides is 3. The van der Waals surface area contributed by atoms with Crippen LogP contribution in [-0.2, 0) is 22.7 Å². The van der Waals surface area contributed by atoms with Crippen molar-refractivity contribution < 1.29 is 18.8 Å². The Morgan fingerprint density at radius 2 is 1.68 bits per heavy atom. The lowest BCUT2D eigenvalue weighted by Crippen LogP contribution is -2.41. The summed E-state index contributed by atoms with van der Waals surface area (Å²) in [5.41, 5.74) is 1.99. The van der Waals surface area contributed by atoms with Gasteiger partial charge in [0.1, 0.15) is 5.76 Å². The molecule has 0 unspecified atom stereocenters. The second-order valence-corrected chi connectivity index (χ2v) is 8.19. The van der Waals surface area contributed by atoms with Crippen molar-refractivity contribution in [2.45, 2.75) is 13.1 Å². The van der Waals surface area contributed by atoms with Crippen LogP contribution in [0.15, 0.2) is 71.3 Å². The van der Waals surface area contributed by atoms with E-state index in [2.05, 4.69) is 10.6 Å². The van der Waals surface area contributed by atoms with Gasteiger partial charge in [-0.1, -0.05) is 35.9 Å². The number of para-hydroxylation sites is 1. The quantitative estimate of drug-likeness (QED) is 0.462. The Morgan fingerprint density at radius 1 is 0.941 bits per heavy atom. The van der Waals surface area contributed by atoms with E-state index in [0.717, 1.165) is 5.56 Å². The summed E-state index contributed by atoms with van der Waals surface area (Å²) in [5, 5.41) is 5.74. The summed E-state index contributed by atoms with van der Waals surface area (Å²) < 4.78 is 5.45. The van der Waals surface area contributed by atoms with E-state index in [4.69, 9.17) is 16.0 Å². The fraction of sp³-hybridized carbons (Fsp3) is 0.240. The lowest BCUT2D eigenvalue weighted by Gasteiger charge is -2.24. The number of anilines is 1. The monoisotopic (exact) mass is 482 g/mol. The lowest BCUT2D eigenvalue weighted by molar-refractivity contribution is -0.134. The van der Waals surface area contributed by atoms with E-state index < -0.39 is 0 Å². The zero-order chi connectivity index (χ0) is 24.5. The summed E-state index contributed by atoms with van der Waals surface area (Å²) in [6, 6.07) is 17.7. The minimum absolute atomic E-state index is 0.0772. The first-order valence-electron chi connectivity index (χ1n) is 10.7. The molecule has 0 bridgehead atoms. The van der Waals surface area contributed by atoms with Crippen LogP contribution in [0.2, 0.25) is 5.02 Å². The Hall–Kier alpha value is -3.62. The smallest absolute Gasteiger partial charge is 0.251 e. The van der Waals surface area contributed by atoms with Gasteiger partial charge in [0, 0.05) is 26.2 Å². The first kappa shape index (κ1) is 25.0. The second kappa shape index (κ2) is 12.0. The number of nitrogens with one attached hydrogen (secondary N) is 2. The van der Waals surface area contributed by atoms with Gasteiger partial charge in [0.25, 0.3) is 5.91 Å². The third-order valence-corrected chi connectivity index (χ3v) is 5.45. The van der Waals surface area contributed by atoms with Gasteiger partial charge in [-0.15, -0.1) is 0 Å². The summed E-state index contributed by atoms with van der Waals surface area (Å²) in [4.78, 5) is 40.4. The minimum atomic E-state index is -0.341. The third-order valence-electron chi connectivity index (χ3n) is 5.12. The number of carbonyl (C=O) groups excluding carboxylic acids is 3. The van der Waals surface area contributed by atoms with Crippen LogP contribution in [0.25, 0.3) is 0 Å². The highest BCUT2D eigenvalue weighted by Crippen LogP contribution is 2.20. The van der Waals surface area contributed by atoms with Gasteiger partial charge in [-0.25, -0.2) is 0 Å². The Labute approximate surface area is 203 Å². The molecular formula is C25H27ClN4O4. The largest absolute Gasteiger partial charge is 0.468 e. The average molecular weight is 483 g/mol. The summed E-state index contributed by atoms with van der Waals surface area (Å²) in [6.45, 7) is 0.836. The molecule has 0 aliphatic heterocycles. The van der Waals surface area contributed by atoms with Crippen molar-refractivity contribution in [3.63, 3.8) is 0 Å². The highest BCUT2D eigenvalue weighted by Gasteiger charge is 2.19. The highest BCUT2D eigenvalue weighted by atomic mass is 35.5. The number of likely N-dealkylation sites (N-methyl/N-ethyl adjacent to an activating group) is 1. The van der Waals surface area contributed by atoms with Crippen molar-refractivity contribution in [2.24, 2.45) is 0 Å². The van der Waals surface area contributed by atoms with Crippen LogP contribution >= 0.6 is 11.6 Å². The third kappa shape index (κ3) is 7.19. The Balaban J connectivity index is 1.62. The van der Waals surface area contributed by atoms with Crippen LogP contribution in [0, 0.1) is 0 Å². The topological polar surface area (TPSA) is 94.9 Å². The molecule has 2 N–H and O–H groups in total. The van der Waals surface area contributed by atoms with E-state index in [1.54, 1.807) is 62.8 Å². The van der Waals surface area contributed by atoms with Crippen LogP contribution < -0.4 is 10.6 Å². The first-order chi connectivity index (χ1) is 16.4. The van der Waals surface area contributed by atoms with E-state index in [1.165, 1.54) is 4.90 Å². The number of rotatable bonds is 10. The number of carbonyl (C=O) groups is 3. The molecule has 8 nitrogen and oxygen atoms in total.